The number of esters is 1. The smallest absolute Gasteiger partial charge is 0.342 e. The molecule has 6 heteroatoms. The summed E-state index contributed by atoms with van der Waals surface area (Å²) in [4.78, 5) is 20.3. The van der Waals surface area contributed by atoms with Crippen LogP contribution in [0.3, 0.4) is 0 Å². The second-order valence-electron chi connectivity index (χ2n) is 1.79. The minimum atomic E-state index is -2.31. The maximum absolute atomic E-state index is 12.5. The van der Waals surface area contributed by atoms with Gasteiger partial charge >= 0.3 is 11.9 Å². The molecule has 1 unspecified atom stereocenters. The number of carbonyl (C=O) groups excluding carboxylic acids is 1. The number of carboxylic acids is 1. The Morgan fingerprint density at radius 2 is 2.09 bits per heavy atom. The van der Waals surface area contributed by atoms with Crippen molar-refractivity contribution in [2.45, 2.75) is 12.2 Å². The van der Waals surface area contributed by atoms with Crippen LogP contribution in [-0.4, -0.2) is 36.4 Å². The molecular formula is C5H8FNO4. The normalized spacial score (nSPS) is 15.2. The van der Waals surface area contributed by atoms with E-state index in [9.17, 15) is 14.0 Å². The number of hydrogen-bond acceptors (Lipinski definition) is 4. The molecule has 0 amide bonds. The molecule has 0 radical (unpaired) electrons. The number of aliphatic carboxylic acids is 1. The molecule has 0 aliphatic carbocycles. The molecule has 0 aromatic carbocycles. The highest BCUT2D eigenvalue weighted by Crippen LogP contribution is 1.98. The van der Waals surface area contributed by atoms with E-state index < -0.39 is 24.2 Å². The van der Waals surface area contributed by atoms with Gasteiger partial charge in [0.2, 0.25) is 6.17 Å². The third-order valence-corrected chi connectivity index (χ3v) is 1.03. The van der Waals surface area contributed by atoms with Gasteiger partial charge in [0.1, 0.15) is 6.04 Å². The average molecular weight is 165 g/mol. The van der Waals surface area contributed by atoms with E-state index in [0.717, 1.165) is 7.11 Å². The van der Waals surface area contributed by atoms with Crippen LogP contribution in [0, 0.1) is 0 Å². The highest BCUT2D eigenvalue weighted by molar-refractivity contribution is 5.84. The third kappa shape index (κ3) is 2.50. The second-order valence-corrected chi connectivity index (χ2v) is 1.79. The van der Waals surface area contributed by atoms with E-state index in [2.05, 4.69) is 4.74 Å². The summed E-state index contributed by atoms with van der Waals surface area (Å²) in [6.45, 7) is 0. The molecule has 0 rings (SSSR count). The predicted octanol–water partition coefficient (Wildman–Crippen LogP) is -1.09. The Hall–Kier alpha value is -1.17. The number of carboxylic acid groups (broad SMARTS) is 1. The Morgan fingerprint density at radius 1 is 1.64 bits per heavy atom. The fourth-order valence-corrected chi connectivity index (χ4v) is 0.384. The first-order valence-electron chi connectivity index (χ1n) is 2.71. The highest BCUT2D eigenvalue weighted by Gasteiger charge is 2.31. The molecule has 2 atom stereocenters. The van der Waals surface area contributed by atoms with Crippen molar-refractivity contribution < 1.29 is 23.8 Å². The van der Waals surface area contributed by atoms with Gasteiger partial charge in [-0.05, 0) is 0 Å². The number of ether oxygens (including phenoxy) is 1. The molecule has 0 aromatic rings. The summed E-state index contributed by atoms with van der Waals surface area (Å²) in [5, 5.41) is 8.12. The van der Waals surface area contributed by atoms with E-state index in [1.54, 1.807) is 0 Å². The Kier molecular flexibility index (Phi) is 3.46. The van der Waals surface area contributed by atoms with Crippen LogP contribution in [0.4, 0.5) is 4.39 Å². The molecule has 11 heavy (non-hydrogen) atoms. The number of hydrogen-bond donors (Lipinski definition) is 2. The van der Waals surface area contributed by atoms with Crippen LogP contribution < -0.4 is 5.73 Å². The number of rotatable bonds is 3. The molecule has 0 aliphatic heterocycles. The summed E-state index contributed by atoms with van der Waals surface area (Å²) in [7, 11) is 0.948. The average Bonchev–Trinajstić information content (AvgIpc) is 2.00. The molecule has 64 valence electrons. The number of carbonyl (C=O) groups is 2. The second kappa shape index (κ2) is 3.87. The summed E-state index contributed by atoms with van der Waals surface area (Å²) < 4.78 is 16.4. The maximum atomic E-state index is 12.5. The lowest BCUT2D eigenvalue weighted by Gasteiger charge is -2.08. The van der Waals surface area contributed by atoms with Gasteiger partial charge in [-0.1, -0.05) is 0 Å². The zero-order valence-corrected chi connectivity index (χ0v) is 5.78. The fraction of sp³-hybridized carbons (Fsp3) is 0.600. The monoisotopic (exact) mass is 165 g/mol. The van der Waals surface area contributed by atoms with Crippen molar-refractivity contribution in [1.29, 1.82) is 0 Å². The number of halogens is 1. The molecule has 0 saturated heterocycles. The number of alkyl halides is 1. The van der Waals surface area contributed by atoms with Crippen molar-refractivity contribution in [3.8, 4) is 0 Å². The van der Waals surface area contributed by atoms with E-state index in [4.69, 9.17) is 10.8 Å². The SMILES string of the molecule is COC(=O)C(F)[C@H](N)C(=O)O. The van der Waals surface area contributed by atoms with Crippen molar-refractivity contribution in [2.75, 3.05) is 7.11 Å². The van der Waals surface area contributed by atoms with Gasteiger partial charge in [-0.3, -0.25) is 4.79 Å². The van der Waals surface area contributed by atoms with Crippen molar-refractivity contribution in [3.63, 3.8) is 0 Å². The molecular weight excluding hydrogens is 157 g/mol. The van der Waals surface area contributed by atoms with Gasteiger partial charge in [0.25, 0.3) is 0 Å². The van der Waals surface area contributed by atoms with Gasteiger partial charge in [-0.15, -0.1) is 0 Å². The lowest BCUT2D eigenvalue weighted by Crippen LogP contribution is -2.44. The zero-order chi connectivity index (χ0) is 9.02. The quantitative estimate of drug-likeness (QED) is 0.518. The highest BCUT2D eigenvalue weighted by atomic mass is 19.1. The molecule has 0 fully saturated rings. The molecule has 5 nitrogen and oxygen atoms in total. The predicted molar refractivity (Wildman–Crippen MR) is 32.5 cm³/mol. The van der Waals surface area contributed by atoms with E-state index in [0.29, 0.717) is 0 Å². The number of nitrogens with two attached hydrogens (primary N) is 1. The van der Waals surface area contributed by atoms with Gasteiger partial charge in [0.15, 0.2) is 0 Å². The molecule has 3 N–H and O–H groups in total. The Morgan fingerprint density at radius 3 is 2.36 bits per heavy atom. The van der Waals surface area contributed by atoms with Crippen LogP contribution in [0.25, 0.3) is 0 Å². The lowest BCUT2D eigenvalue weighted by molar-refractivity contribution is -0.153. The van der Waals surface area contributed by atoms with E-state index in [1.807, 2.05) is 0 Å². The molecule has 0 saturated carbocycles. The van der Waals surface area contributed by atoms with Gasteiger partial charge in [-0.2, -0.15) is 0 Å². The zero-order valence-electron chi connectivity index (χ0n) is 5.78. The summed E-state index contributed by atoms with van der Waals surface area (Å²) in [6.07, 6.45) is -2.31. The van der Waals surface area contributed by atoms with E-state index >= 15 is 0 Å². The van der Waals surface area contributed by atoms with Crippen molar-refractivity contribution in [3.05, 3.63) is 0 Å². The molecule has 0 aromatic heterocycles. The third-order valence-electron chi connectivity index (χ3n) is 1.03. The first-order chi connectivity index (χ1) is 5.00. The molecule has 0 heterocycles. The first kappa shape index (κ1) is 9.83. The minimum absolute atomic E-state index is 0.948. The maximum Gasteiger partial charge on any atom is 0.342 e. The molecule has 0 spiro atoms. The fourth-order valence-electron chi connectivity index (χ4n) is 0.384. The van der Waals surface area contributed by atoms with Gasteiger partial charge in [-0.25, -0.2) is 9.18 Å². The van der Waals surface area contributed by atoms with Crippen LogP contribution in [0.1, 0.15) is 0 Å². The van der Waals surface area contributed by atoms with Crippen LogP contribution in [0.15, 0.2) is 0 Å². The van der Waals surface area contributed by atoms with Crippen LogP contribution in [-0.2, 0) is 14.3 Å². The standard InChI is InChI=1S/C5H8FNO4/c1-11-5(10)2(6)3(7)4(8)9/h2-3H,7H2,1H3,(H,8,9)/t2?,3-/m0/s1. The van der Waals surface area contributed by atoms with Crippen molar-refractivity contribution in [1.82, 2.24) is 0 Å². The largest absolute Gasteiger partial charge is 0.480 e. The topological polar surface area (TPSA) is 89.6 Å². The van der Waals surface area contributed by atoms with Crippen LogP contribution in [0.2, 0.25) is 0 Å². The summed E-state index contributed by atoms with van der Waals surface area (Å²) in [5.74, 6) is -2.86. The minimum Gasteiger partial charge on any atom is -0.480 e. The van der Waals surface area contributed by atoms with Crippen LogP contribution in [0.5, 0.6) is 0 Å². The van der Waals surface area contributed by atoms with Gasteiger partial charge in [0, 0.05) is 0 Å². The van der Waals surface area contributed by atoms with E-state index in [1.165, 1.54) is 0 Å². The Balaban J connectivity index is 4.12. The molecule has 0 bridgehead atoms. The van der Waals surface area contributed by atoms with Crippen molar-refractivity contribution >= 4 is 11.9 Å². The van der Waals surface area contributed by atoms with Crippen LogP contribution >= 0.6 is 0 Å². The Labute approximate surface area is 61.9 Å². The first-order valence-corrected chi connectivity index (χ1v) is 2.71. The van der Waals surface area contributed by atoms with Gasteiger partial charge < -0.3 is 15.6 Å². The van der Waals surface area contributed by atoms with Gasteiger partial charge in [0.05, 0.1) is 7.11 Å². The Bertz CT molecular complexity index is 172. The summed E-state index contributed by atoms with van der Waals surface area (Å²) >= 11 is 0. The van der Waals surface area contributed by atoms with Crippen molar-refractivity contribution in [2.24, 2.45) is 5.73 Å². The lowest BCUT2D eigenvalue weighted by atomic mass is 10.2. The molecule has 0 aliphatic rings. The van der Waals surface area contributed by atoms with E-state index in [-0.39, 0.29) is 0 Å². The summed E-state index contributed by atoms with van der Waals surface area (Å²) in [6, 6.07) is -1.86. The number of methoxy groups -OCH3 is 1. The summed E-state index contributed by atoms with van der Waals surface area (Å²) in [5.41, 5.74) is 4.76.